The lowest BCUT2D eigenvalue weighted by Gasteiger charge is -2.13. The first-order chi connectivity index (χ1) is 10.2. The maximum Gasteiger partial charge on any atom is 0.129 e. The molecule has 0 radical (unpaired) electrons. The van der Waals surface area contributed by atoms with Crippen molar-refractivity contribution < 1.29 is 14.6 Å². The van der Waals surface area contributed by atoms with E-state index in [1.54, 1.807) is 0 Å². The predicted octanol–water partition coefficient (Wildman–Crippen LogP) is 3.86. The number of hydrogen-bond acceptors (Lipinski definition) is 3. The third-order valence-corrected chi connectivity index (χ3v) is 3.16. The van der Waals surface area contributed by atoms with Gasteiger partial charge in [-0.3, -0.25) is 0 Å². The van der Waals surface area contributed by atoms with Crippen LogP contribution in [-0.4, -0.2) is 11.7 Å². The quantitative estimate of drug-likeness (QED) is 0.840. The molecule has 112 valence electrons. The highest BCUT2D eigenvalue weighted by Gasteiger charge is 2.06. The molecule has 0 aliphatic rings. The minimum atomic E-state index is -0.0444. The minimum Gasteiger partial charge on any atom is -0.493 e. The molecule has 1 N–H and O–H groups in total. The Morgan fingerprint density at radius 2 is 1.90 bits per heavy atom. The maximum absolute atomic E-state index is 9.41. The van der Waals surface area contributed by atoms with E-state index in [2.05, 4.69) is 26.0 Å². The first-order valence-corrected chi connectivity index (χ1v) is 7.28. The second-order valence-corrected chi connectivity index (χ2v) is 5.05. The van der Waals surface area contributed by atoms with Gasteiger partial charge in [-0.15, -0.1) is 0 Å². The van der Waals surface area contributed by atoms with Crippen molar-refractivity contribution in [2.75, 3.05) is 6.61 Å². The molecule has 0 amide bonds. The van der Waals surface area contributed by atoms with Gasteiger partial charge in [-0.05, 0) is 31.0 Å². The van der Waals surface area contributed by atoms with Crippen molar-refractivity contribution in [3.05, 3.63) is 59.2 Å². The second kappa shape index (κ2) is 7.70. The molecular weight excluding hydrogens is 264 g/mol. The molecule has 2 aromatic carbocycles. The Bertz CT molecular complexity index is 578. The summed E-state index contributed by atoms with van der Waals surface area (Å²) in [6, 6.07) is 13.7. The molecule has 0 aromatic heterocycles. The summed E-state index contributed by atoms with van der Waals surface area (Å²) >= 11 is 0. The monoisotopic (exact) mass is 286 g/mol. The first kappa shape index (κ1) is 15.4. The molecule has 2 aromatic rings. The van der Waals surface area contributed by atoms with Gasteiger partial charge in [0.15, 0.2) is 0 Å². The standard InChI is InChI=1S/C18H22O3/c1-3-9-20-17-8-7-16(12-19)18(11-17)21-13-15-6-4-5-14(2)10-15/h4-8,10-11,19H,3,9,12-13H2,1-2H3. The number of aliphatic hydroxyl groups excluding tert-OH is 1. The Kier molecular flexibility index (Phi) is 5.64. The Morgan fingerprint density at radius 3 is 2.62 bits per heavy atom. The largest absolute Gasteiger partial charge is 0.493 e. The van der Waals surface area contributed by atoms with Gasteiger partial charge < -0.3 is 14.6 Å². The molecule has 0 saturated carbocycles. The summed E-state index contributed by atoms with van der Waals surface area (Å²) in [6.07, 6.45) is 0.960. The Balaban J connectivity index is 2.09. The van der Waals surface area contributed by atoms with E-state index in [1.807, 2.05) is 30.3 Å². The van der Waals surface area contributed by atoms with Gasteiger partial charge >= 0.3 is 0 Å². The highest BCUT2D eigenvalue weighted by Crippen LogP contribution is 2.26. The molecule has 3 heteroatoms. The zero-order chi connectivity index (χ0) is 15.1. The van der Waals surface area contributed by atoms with Crippen LogP contribution in [0.1, 0.15) is 30.0 Å². The first-order valence-electron chi connectivity index (χ1n) is 7.28. The van der Waals surface area contributed by atoms with Gasteiger partial charge in [-0.2, -0.15) is 0 Å². The van der Waals surface area contributed by atoms with Crippen molar-refractivity contribution in [3.63, 3.8) is 0 Å². The third kappa shape index (κ3) is 4.50. The lowest BCUT2D eigenvalue weighted by molar-refractivity contribution is 0.256. The lowest BCUT2D eigenvalue weighted by Crippen LogP contribution is -2.01. The fourth-order valence-electron chi connectivity index (χ4n) is 2.07. The molecule has 21 heavy (non-hydrogen) atoms. The van der Waals surface area contributed by atoms with Crippen LogP contribution in [0, 0.1) is 6.92 Å². The molecule has 0 aliphatic heterocycles. The van der Waals surface area contributed by atoms with E-state index in [1.165, 1.54) is 5.56 Å². The van der Waals surface area contributed by atoms with Gasteiger partial charge in [0.05, 0.1) is 13.2 Å². The van der Waals surface area contributed by atoms with Crippen LogP contribution < -0.4 is 9.47 Å². The van der Waals surface area contributed by atoms with E-state index < -0.39 is 0 Å². The summed E-state index contributed by atoms with van der Waals surface area (Å²) in [4.78, 5) is 0. The van der Waals surface area contributed by atoms with Crippen LogP contribution in [0.15, 0.2) is 42.5 Å². The highest BCUT2D eigenvalue weighted by atomic mass is 16.5. The van der Waals surface area contributed by atoms with Gasteiger partial charge in [0.1, 0.15) is 18.1 Å². The second-order valence-electron chi connectivity index (χ2n) is 5.05. The Morgan fingerprint density at radius 1 is 1.05 bits per heavy atom. The van der Waals surface area contributed by atoms with Crippen LogP contribution in [0.25, 0.3) is 0 Å². The molecule has 0 aliphatic carbocycles. The van der Waals surface area contributed by atoms with Crippen LogP contribution >= 0.6 is 0 Å². The highest BCUT2D eigenvalue weighted by molar-refractivity contribution is 5.40. The number of benzene rings is 2. The molecule has 0 bridgehead atoms. The zero-order valence-electron chi connectivity index (χ0n) is 12.6. The lowest BCUT2D eigenvalue weighted by atomic mass is 10.1. The smallest absolute Gasteiger partial charge is 0.129 e. The van der Waals surface area contributed by atoms with Crippen molar-refractivity contribution in [1.29, 1.82) is 0 Å². The average Bonchev–Trinajstić information content (AvgIpc) is 2.51. The number of rotatable bonds is 7. The maximum atomic E-state index is 9.41. The normalized spacial score (nSPS) is 10.4. The molecule has 0 unspecified atom stereocenters. The van der Waals surface area contributed by atoms with Crippen molar-refractivity contribution in [3.8, 4) is 11.5 Å². The van der Waals surface area contributed by atoms with Crippen LogP contribution in [0.5, 0.6) is 11.5 Å². The Hall–Kier alpha value is -2.00. The van der Waals surface area contributed by atoms with Gasteiger partial charge in [0.25, 0.3) is 0 Å². The Labute approximate surface area is 126 Å². The number of aryl methyl sites for hydroxylation is 1. The molecule has 3 nitrogen and oxygen atoms in total. The fraction of sp³-hybridized carbons (Fsp3) is 0.333. The minimum absolute atomic E-state index is 0.0444. The van der Waals surface area contributed by atoms with Gasteiger partial charge in [-0.1, -0.05) is 36.8 Å². The number of hydrogen-bond donors (Lipinski definition) is 1. The average molecular weight is 286 g/mol. The summed E-state index contributed by atoms with van der Waals surface area (Å²) in [5.41, 5.74) is 3.09. The van der Waals surface area contributed by atoms with Crippen molar-refractivity contribution in [1.82, 2.24) is 0 Å². The molecule has 0 heterocycles. The SMILES string of the molecule is CCCOc1ccc(CO)c(OCc2cccc(C)c2)c1. The van der Waals surface area contributed by atoms with E-state index in [4.69, 9.17) is 9.47 Å². The van der Waals surface area contributed by atoms with Crippen molar-refractivity contribution in [2.45, 2.75) is 33.5 Å². The van der Waals surface area contributed by atoms with Gasteiger partial charge in [0.2, 0.25) is 0 Å². The van der Waals surface area contributed by atoms with Gasteiger partial charge in [0, 0.05) is 11.6 Å². The van der Waals surface area contributed by atoms with Crippen LogP contribution in [0.4, 0.5) is 0 Å². The van der Waals surface area contributed by atoms with Crippen molar-refractivity contribution >= 4 is 0 Å². The van der Waals surface area contributed by atoms with Crippen LogP contribution in [0.3, 0.4) is 0 Å². The molecule has 0 fully saturated rings. The molecular formula is C18H22O3. The third-order valence-electron chi connectivity index (χ3n) is 3.16. The zero-order valence-corrected chi connectivity index (χ0v) is 12.6. The van der Waals surface area contributed by atoms with E-state index in [0.29, 0.717) is 19.0 Å². The fourth-order valence-corrected chi connectivity index (χ4v) is 2.07. The topological polar surface area (TPSA) is 38.7 Å². The summed E-state index contributed by atoms with van der Waals surface area (Å²) in [5, 5.41) is 9.41. The summed E-state index contributed by atoms with van der Waals surface area (Å²) in [6.45, 7) is 5.23. The van der Waals surface area contributed by atoms with E-state index in [0.717, 1.165) is 23.3 Å². The van der Waals surface area contributed by atoms with E-state index >= 15 is 0 Å². The molecule has 2 rings (SSSR count). The van der Waals surface area contributed by atoms with Crippen LogP contribution in [-0.2, 0) is 13.2 Å². The summed E-state index contributed by atoms with van der Waals surface area (Å²) in [5.74, 6) is 1.45. The molecule has 0 spiro atoms. The summed E-state index contributed by atoms with van der Waals surface area (Å²) < 4.78 is 11.5. The van der Waals surface area contributed by atoms with E-state index in [9.17, 15) is 5.11 Å². The summed E-state index contributed by atoms with van der Waals surface area (Å²) in [7, 11) is 0. The van der Waals surface area contributed by atoms with Gasteiger partial charge in [-0.25, -0.2) is 0 Å². The predicted molar refractivity (Wildman–Crippen MR) is 83.7 cm³/mol. The van der Waals surface area contributed by atoms with E-state index in [-0.39, 0.29) is 6.61 Å². The molecule has 0 atom stereocenters. The number of ether oxygens (including phenoxy) is 2. The van der Waals surface area contributed by atoms with Crippen LogP contribution in [0.2, 0.25) is 0 Å². The number of aliphatic hydroxyl groups is 1. The van der Waals surface area contributed by atoms with Crippen molar-refractivity contribution in [2.24, 2.45) is 0 Å². The molecule has 0 saturated heterocycles.